The number of carbonyl (C=O) groups is 1. The summed E-state index contributed by atoms with van der Waals surface area (Å²) in [7, 11) is 0. The van der Waals surface area contributed by atoms with Crippen molar-refractivity contribution in [1.82, 2.24) is 20.1 Å². The molecular weight excluding hydrogens is 276 g/mol. The molecule has 0 aliphatic heterocycles. The smallest absolute Gasteiger partial charge is 0.240 e. The molecule has 0 radical (unpaired) electrons. The van der Waals surface area contributed by atoms with Crippen molar-refractivity contribution < 1.29 is 9.90 Å². The molecule has 6 nitrogen and oxygen atoms in total. The quantitative estimate of drug-likeness (QED) is 0.694. The van der Waals surface area contributed by atoms with Gasteiger partial charge in [-0.05, 0) is 24.1 Å². The molecule has 0 bridgehead atoms. The van der Waals surface area contributed by atoms with Gasteiger partial charge in [0.05, 0.1) is 6.10 Å². The third-order valence-corrected chi connectivity index (χ3v) is 3.42. The maximum Gasteiger partial charge on any atom is 0.240 e. The number of aliphatic hydroxyl groups is 1. The number of nitrogens with zero attached hydrogens (tertiary/aromatic N) is 2. The third-order valence-electron chi connectivity index (χ3n) is 3.10. The highest BCUT2D eigenvalue weighted by atomic mass is 32.1. The van der Waals surface area contributed by atoms with E-state index in [9.17, 15) is 9.90 Å². The summed E-state index contributed by atoms with van der Waals surface area (Å²) in [6.45, 7) is 8.18. The maximum atomic E-state index is 11.9. The Balaban J connectivity index is 2.59. The van der Waals surface area contributed by atoms with Gasteiger partial charge in [-0.1, -0.05) is 27.7 Å². The average Bonchev–Trinajstić information content (AvgIpc) is 2.68. The van der Waals surface area contributed by atoms with Crippen LogP contribution in [0.1, 0.15) is 39.9 Å². The Labute approximate surface area is 124 Å². The molecule has 0 aliphatic rings. The number of amides is 1. The first-order valence-electron chi connectivity index (χ1n) is 6.84. The summed E-state index contributed by atoms with van der Waals surface area (Å²) in [6, 6.07) is 0. The van der Waals surface area contributed by atoms with E-state index in [1.807, 2.05) is 27.7 Å². The fraction of sp³-hybridized carbons (Fsp3) is 0.769. The van der Waals surface area contributed by atoms with E-state index in [0.717, 1.165) is 18.7 Å². The number of hydrogen-bond donors (Lipinski definition) is 3. The number of hydrogen-bond acceptors (Lipinski definition) is 4. The Morgan fingerprint density at radius 1 is 1.55 bits per heavy atom. The predicted octanol–water partition coefficient (Wildman–Crippen LogP) is 1.42. The van der Waals surface area contributed by atoms with Crippen LogP contribution in [-0.4, -0.2) is 38.4 Å². The highest BCUT2D eigenvalue weighted by Gasteiger charge is 2.22. The molecule has 7 heteroatoms. The molecule has 1 aromatic heterocycles. The van der Waals surface area contributed by atoms with Gasteiger partial charge in [0.25, 0.3) is 0 Å². The second-order valence-electron chi connectivity index (χ2n) is 5.97. The molecule has 20 heavy (non-hydrogen) atoms. The van der Waals surface area contributed by atoms with Crippen LogP contribution in [0, 0.1) is 10.2 Å². The van der Waals surface area contributed by atoms with Gasteiger partial charge in [0.15, 0.2) is 4.77 Å². The van der Waals surface area contributed by atoms with Crippen molar-refractivity contribution in [3.8, 4) is 0 Å². The van der Waals surface area contributed by atoms with E-state index in [4.69, 9.17) is 12.2 Å². The second-order valence-corrected chi connectivity index (χ2v) is 6.35. The molecule has 1 unspecified atom stereocenters. The average molecular weight is 300 g/mol. The minimum absolute atomic E-state index is 0.127. The van der Waals surface area contributed by atoms with Crippen LogP contribution in [0.5, 0.6) is 0 Å². The van der Waals surface area contributed by atoms with Crippen LogP contribution < -0.4 is 5.32 Å². The van der Waals surface area contributed by atoms with Gasteiger partial charge in [-0.25, -0.2) is 0 Å². The Morgan fingerprint density at radius 2 is 2.20 bits per heavy atom. The fourth-order valence-electron chi connectivity index (χ4n) is 1.64. The van der Waals surface area contributed by atoms with E-state index in [1.165, 1.54) is 0 Å². The number of aromatic nitrogens is 3. The van der Waals surface area contributed by atoms with E-state index in [-0.39, 0.29) is 24.4 Å². The molecule has 0 spiro atoms. The van der Waals surface area contributed by atoms with Crippen molar-refractivity contribution in [2.24, 2.45) is 5.41 Å². The molecule has 0 aliphatic carbocycles. The zero-order chi connectivity index (χ0) is 15.3. The lowest BCUT2D eigenvalue weighted by atomic mass is 9.89. The summed E-state index contributed by atoms with van der Waals surface area (Å²) in [5, 5.41) is 19.4. The molecular formula is C13H24N4O2S. The van der Waals surface area contributed by atoms with E-state index >= 15 is 0 Å². The van der Waals surface area contributed by atoms with Crippen molar-refractivity contribution in [3.63, 3.8) is 0 Å². The molecule has 1 aromatic rings. The highest BCUT2D eigenvalue weighted by Crippen LogP contribution is 2.18. The summed E-state index contributed by atoms with van der Waals surface area (Å²) in [5.41, 5.74) is -0.257. The standard InChI is InChI=1S/C13H24N4O2S/c1-5-6-10-15-16-12(20)17(10)8-11(19)14-7-9(18)13(2,3)4/h9,18H,5-8H2,1-4H3,(H,14,19)(H,16,20). The van der Waals surface area contributed by atoms with Crippen LogP contribution in [0.25, 0.3) is 0 Å². The zero-order valence-electron chi connectivity index (χ0n) is 12.6. The molecule has 1 rings (SSSR count). The van der Waals surface area contributed by atoms with Crippen LogP contribution in [0.15, 0.2) is 0 Å². The van der Waals surface area contributed by atoms with Gasteiger partial charge in [-0.2, -0.15) is 5.10 Å². The van der Waals surface area contributed by atoms with Crippen LogP contribution in [0.3, 0.4) is 0 Å². The van der Waals surface area contributed by atoms with Crippen LogP contribution in [-0.2, 0) is 17.8 Å². The van der Waals surface area contributed by atoms with E-state index in [0.29, 0.717) is 4.77 Å². The van der Waals surface area contributed by atoms with Gasteiger partial charge in [-0.3, -0.25) is 14.5 Å². The number of carbonyl (C=O) groups excluding carboxylic acids is 1. The number of H-pyrrole nitrogens is 1. The molecule has 1 atom stereocenters. The predicted molar refractivity (Wildman–Crippen MR) is 79.9 cm³/mol. The summed E-state index contributed by atoms with van der Waals surface area (Å²) < 4.78 is 2.14. The van der Waals surface area contributed by atoms with E-state index < -0.39 is 6.10 Å². The van der Waals surface area contributed by atoms with Crippen molar-refractivity contribution in [2.45, 2.75) is 53.2 Å². The van der Waals surface area contributed by atoms with Gasteiger partial charge < -0.3 is 10.4 Å². The van der Waals surface area contributed by atoms with Gasteiger partial charge in [0, 0.05) is 13.0 Å². The van der Waals surface area contributed by atoms with Crippen LogP contribution in [0.2, 0.25) is 0 Å². The summed E-state index contributed by atoms with van der Waals surface area (Å²) >= 11 is 5.12. The van der Waals surface area contributed by atoms with E-state index in [2.05, 4.69) is 15.5 Å². The first kappa shape index (κ1) is 16.8. The number of aryl methyl sites for hydroxylation is 1. The summed E-state index contributed by atoms with van der Waals surface area (Å²) in [4.78, 5) is 11.9. The van der Waals surface area contributed by atoms with E-state index in [1.54, 1.807) is 4.57 Å². The van der Waals surface area contributed by atoms with Gasteiger partial charge in [0.2, 0.25) is 5.91 Å². The molecule has 1 heterocycles. The Morgan fingerprint density at radius 3 is 2.75 bits per heavy atom. The van der Waals surface area contributed by atoms with Gasteiger partial charge in [0.1, 0.15) is 12.4 Å². The van der Waals surface area contributed by atoms with Gasteiger partial charge in [-0.15, -0.1) is 0 Å². The second kappa shape index (κ2) is 6.99. The van der Waals surface area contributed by atoms with Crippen LogP contribution >= 0.6 is 12.2 Å². The van der Waals surface area contributed by atoms with Crippen LogP contribution in [0.4, 0.5) is 0 Å². The monoisotopic (exact) mass is 300 g/mol. The molecule has 0 fully saturated rings. The lowest BCUT2D eigenvalue weighted by molar-refractivity contribution is -0.122. The van der Waals surface area contributed by atoms with Gasteiger partial charge >= 0.3 is 0 Å². The maximum absolute atomic E-state index is 11.9. The molecule has 0 saturated heterocycles. The third kappa shape index (κ3) is 4.72. The first-order valence-corrected chi connectivity index (χ1v) is 7.25. The lowest BCUT2D eigenvalue weighted by Gasteiger charge is -2.25. The first-order chi connectivity index (χ1) is 9.25. The highest BCUT2D eigenvalue weighted by molar-refractivity contribution is 7.71. The van der Waals surface area contributed by atoms with Crippen molar-refractivity contribution >= 4 is 18.1 Å². The Hall–Kier alpha value is -1.21. The minimum atomic E-state index is -0.584. The summed E-state index contributed by atoms with van der Waals surface area (Å²) in [5.74, 6) is 0.604. The Bertz CT molecular complexity index is 501. The van der Waals surface area contributed by atoms with Crippen molar-refractivity contribution in [1.29, 1.82) is 0 Å². The minimum Gasteiger partial charge on any atom is -0.391 e. The zero-order valence-corrected chi connectivity index (χ0v) is 13.4. The molecule has 0 aromatic carbocycles. The normalized spacial score (nSPS) is 13.2. The molecule has 0 saturated carbocycles. The molecule has 1 amide bonds. The SMILES string of the molecule is CCCc1n[nH]c(=S)n1CC(=O)NCC(O)C(C)(C)C. The number of aliphatic hydroxyl groups excluding tert-OH is 1. The number of rotatable bonds is 6. The van der Waals surface area contributed by atoms with Crippen molar-refractivity contribution in [2.75, 3.05) is 6.54 Å². The molecule has 3 N–H and O–H groups in total. The summed E-state index contributed by atoms with van der Waals surface area (Å²) in [6.07, 6.45) is 1.12. The number of aromatic amines is 1. The van der Waals surface area contributed by atoms with Crippen molar-refractivity contribution in [3.05, 3.63) is 10.6 Å². The lowest BCUT2D eigenvalue weighted by Crippen LogP contribution is -2.40. The Kier molecular flexibility index (Phi) is 5.88. The fourth-order valence-corrected chi connectivity index (χ4v) is 1.86. The number of nitrogens with one attached hydrogen (secondary N) is 2. The topological polar surface area (TPSA) is 82.9 Å². The largest absolute Gasteiger partial charge is 0.391 e. The molecule has 114 valence electrons.